The molecule has 0 spiro atoms. The van der Waals surface area contributed by atoms with Crippen molar-refractivity contribution in [3.05, 3.63) is 42.0 Å². The number of hydrogen-bond acceptors (Lipinski definition) is 4. The van der Waals surface area contributed by atoms with E-state index in [2.05, 4.69) is 22.1 Å². The van der Waals surface area contributed by atoms with Crippen LogP contribution in [0.1, 0.15) is 18.9 Å². The number of halogens is 3. The number of rotatable bonds is 4. The minimum atomic E-state index is -4.23. The van der Waals surface area contributed by atoms with Crippen molar-refractivity contribution in [2.24, 2.45) is 5.92 Å². The second-order valence-electron chi connectivity index (χ2n) is 6.80. The molecule has 1 fully saturated rings. The lowest BCUT2D eigenvalue weighted by molar-refractivity contribution is -0.127. The molecule has 3 aromatic rings. The maximum atomic E-state index is 12.7. The average molecular weight is 361 g/mol. The van der Waals surface area contributed by atoms with Gasteiger partial charge in [0.15, 0.2) is 5.52 Å². The largest absolute Gasteiger partial charge is 0.393 e. The molecule has 136 valence electrons. The molecule has 0 N–H and O–H groups in total. The summed E-state index contributed by atoms with van der Waals surface area (Å²) >= 11 is 0. The Labute approximate surface area is 148 Å². The van der Waals surface area contributed by atoms with Gasteiger partial charge in [-0.05, 0) is 51.5 Å². The number of alkyl halides is 3. The second-order valence-corrected chi connectivity index (χ2v) is 6.80. The Kier molecular flexibility index (Phi) is 4.09. The molecule has 0 unspecified atom stereocenters. The van der Waals surface area contributed by atoms with E-state index in [1.54, 1.807) is 18.2 Å². The third-order valence-electron chi connectivity index (χ3n) is 4.88. The molecule has 1 saturated heterocycles. The number of benzene rings is 2. The van der Waals surface area contributed by atoms with Crippen LogP contribution in [0.2, 0.25) is 0 Å². The molecule has 2 heterocycles. The van der Waals surface area contributed by atoms with Crippen LogP contribution in [-0.2, 0) is 6.42 Å². The predicted molar refractivity (Wildman–Crippen MR) is 93.0 cm³/mol. The summed E-state index contributed by atoms with van der Waals surface area (Å²) in [5.74, 6) is 0.656. The molecule has 0 aliphatic carbocycles. The van der Waals surface area contributed by atoms with E-state index in [0.29, 0.717) is 17.0 Å². The van der Waals surface area contributed by atoms with E-state index in [0.717, 1.165) is 36.3 Å². The predicted octanol–water partition coefficient (Wildman–Crippen LogP) is 4.84. The van der Waals surface area contributed by atoms with Gasteiger partial charge in [-0.2, -0.15) is 13.2 Å². The van der Waals surface area contributed by atoms with Gasteiger partial charge in [0.1, 0.15) is 5.52 Å². The van der Waals surface area contributed by atoms with E-state index < -0.39 is 12.6 Å². The van der Waals surface area contributed by atoms with Gasteiger partial charge in [-0.15, -0.1) is 0 Å². The van der Waals surface area contributed by atoms with Crippen molar-refractivity contribution in [2.75, 3.05) is 18.0 Å². The standard InChI is InChI=1S/C19H18F3N3O/c1-2-12-10-25(11-12)17-8-15(7-16-18(17)24-26-23-16)14-5-3-4-13(6-14)9-19(20,21)22/h3-8,12H,2,9-11H2,1H3. The van der Waals surface area contributed by atoms with Crippen LogP contribution in [0.5, 0.6) is 0 Å². The minimum absolute atomic E-state index is 0.241. The van der Waals surface area contributed by atoms with Gasteiger partial charge in [-0.25, -0.2) is 4.63 Å². The molecular weight excluding hydrogens is 343 g/mol. The van der Waals surface area contributed by atoms with Crippen molar-refractivity contribution in [1.82, 2.24) is 10.3 Å². The topological polar surface area (TPSA) is 42.2 Å². The Bertz CT molecular complexity index is 929. The lowest BCUT2D eigenvalue weighted by atomic mass is 9.94. The zero-order valence-electron chi connectivity index (χ0n) is 14.3. The minimum Gasteiger partial charge on any atom is -0.369 e. The Morgan fingerprint density at radius 1 is 1.12 bits per heavy atom. The van der Waals surface area contributed by atoms with Crippen LogP contribution >= 0.6 is 0 Å². The molecule has 4 rings (SSSR count). The third kappa shape index (κ3) is 3.25. The zero-order chi connectivity index (χ0) is 18.3. The van der Waals surface area contributed by atoms with Gasteiger partial charge in [0.05, 0.1) is 12.1 Å². The maximum absolute atomic E-state index is 12.7. The van der Waals surface area contributed by atoms with Crippen LogP contribution in [0.25, 0.3) is 22.2 Å². The summed E-state index contributed by atoms with van der Waals surface area (Å²) in [5, 5.41) is 7.93. The van der Waals surface area contributed by atoms with E-state index in [1.807, 2.05) is 12.1 Å². The van der Waals surface area contributed by atoms with E-state index in [-0.39, 0.29) is 5.56 Å². The molecule has 26 heavy (non-hydrogen) atoms. The normalized spacial score (nSPS) is 15.5. The maximum Gasteiger partial charge on any atom is 0.393 e. The number of nitrogens with zero attached hydrogens (tertiary/aromatic N) is 3. The van der Waals surface area contributed by atoms with E-state index >= 15 is 0 Å². The highest BCUT2D eigenvalue weighted by atomic mass is 19.4. The number of hydrogen-bond donors (Lipinski definition) is 0. The van der Waals surface area contributed by atoms with Gasteiger partial charge in [-0.3, -0.25) is 0 Å². The molecule has 1 aliphatic heterocycles. The monoisotopic (exact) mass is 361 g/mol. The number of aromatic nitrogens is 2. The quantitative estimate of drug-likeness (QED) is 0.667. The molecule has 2 aromatic carbocycles. The summed E-state index contributed by atoms with van der Waals surface area (Å²) in [7, 11) is 0. The first-order valence-electron chi connectivity index (χ1n) is 8.60. The van der Waals surface area contributed by atoms with Gasteiger partial charge < -0.3 is 4.90 Å². The van der Waals surface area contributed by atoms with Crippen LogP contribution in [-0.4, -0.2) is 29.6 Å². The van der Waals surface area contributed by atoms with Crippen molar-refractivity contribution in [2.45, 2.75) is 25.9 Å². The van der Waals surface area contributed by atoms with E-state index in [1.165, 1.54) is 6.07 Å². The van der Waals surface area contributed by atoms with Crippen molar-refractivity contribution >= 4 is 16.7 Å². The van der Waals surface area contributed by atoms with Crippen molar-refractivity contribution < 1.29 is 17.8 Å². The highest BCUT2D eigenvalue weighted by Gasteiger charge is 2.29. The SMILES string of the molecule is CCC1CN(c2cc(-c3cccc(CC(F)(F)F)c3)cc3nonc23)C1. The van der Waals surface area contributed by atoms with Crippen molar-refractivity contribution in [3.63, 3.8) is 0 Å². The Hall–Kier alpha value is -2.57. The lowest BCUT2D eigenvalue weighted by Gasteiger charge is -2.40. The summed E-state index contributed by atoms with van der Waals surface area (Å²) in [5.41, 5.74) is 4.00. The fraction of sp³-hybridized carbons (Fsp3) is 0.368. The summed E-state index contributed by atoms with van der Waals surface area (Å²) in [6, 6.07) is 10.3. The van der Waals surface area contributed by atoms with Gasteiger partial charge >= 0.3 is 6.18 Å². The van der Waals surface area contributed by atoms with E-state index in [9.17, 15) is 13.2 Å². The highest BCUT2D eigenvalue weighted by molar-refractivity contribution is 5.93. The van der Waals surface area contributed by atoms with Crippen LogP contribution in [0, 0.1) is 5.92 Å². The fourth-order valence-electron chi connectivity index (χ4n) is 3.40. The average Bonchev–Trinajstić information content (AvgIpc) is 3.01. The van der Waals surface area contributed by atoms with Crippen LogP contribution < -0.4 is 4.90 Å². The fourth-order valence-corrected chi connectivity index (χ4v) is 3.40. The molecule has 0 radical (unpaired) electrons. The summed E-state index contributed by atoms with van der Waals surface area (Å²) in [6.45, 7) is 4.05. The molecule has 1 aliphatic rings. The first-order valence-corrected chi connectivity index (χ1v) is 8.60. The van der Waals surface area contributed by atoms with Gasteiger partial charge in [0.2, 0.25) is 0 Å². The van der Waals surface area contributed by atoms with Gasteiger partial charge in [-0.1, -0.05) is 31.2 Å². The molecule has 0 bridgehead atoms. The summed E-state index contributed by atoms with van der Waals surface area (Å²) in [4.78, 5) is 2.21. The first kappa shape index (κ1) is 16.9. The zero-order valence-corrected chi connectivity index (χ0v) is 14.3. The highest BCUT2D eigenvalue weighted by Crippen LogP contribution is 2.36. The molecule has 0 atom stereocenters. The molecule has 0 saturated carbocycles. The van der Waals surface area contributed by atoms with Gasteiger partial charge in [0, 0.05) is 13.1 Å². The Morgan fingerprint density at radius 3 is 2.65 bits per heavy atom. The van der Waals surface area contributed by atoms with Crippen LogP contribution in [0.4, 0.5) is 18.9 Å². The second kappa shape index (κ2) is 6.30. The molecule has 1 aromatic heterocycles. The van der Waals surface area contributed by atoms with E-state index in [4.69, 9.17) is 4.63 Å². The molecular formula is C19H18F3N3O. The smallest absolute Gasteiger partial charge is 0.369 e. The van der Waals surface area contributed by atoms with Crippen LogP contribution in [0.15, 0.2) is 41.0 Å². The van der Waals surface area contributed by atoms with Crippen molar-refractivity contribution in [3.8, 4) is 11.1 Å². The summed E-state index contributed by atoms with van der Waals surface area (Å²) < 4.78 is 43.0. The number of anilines is 1. The van der Waals surface area contributed by atoms with Gasteiger partial charge in [0.25, 0.3) is 0 Å². The summed E-state index contributed by atoms with van der Waals surface area (Å²) in [6.07, 6.45) is -4.04. The van der Waals surface area contributed by atoms with Crippen LogP contribution in [0.3, 0.4) is 0 Å². The van der Waals surface area contributed by atoms with Crippen molar-refractivity contribution in [1.29, 1.82) is 0 Å². The number of fused-ring (bicyclic) bond motifs is 1. The molecule has 0 amide bonds. The molecule has 4 nitrogen and oxygen atoms in total. The Balaban J connectivity index is 1.72. The first-order chi connectivity index (χ1) is 12.4. The Morgan fingerprint density at radius 2 is 1.92 bits per heavy atom. The third-order valence-corrected chi connectivity index (χ3v) is 4.88. The molecule has 7 heteroatoms. The lowest BCUT2D eigenvalue weighted by Crippen LogP contribution is -2.46.